The molecule has 0 amide bonds. The number of ketones is 1. The van der Waals surface area contributed by atoms with E-state index in [2.05, 4.69) is 31.2 Å². The van der Waals surface area contributed by atoms with Gasteiger partial charge in [-0.25, -0.2) is 0 Å². The molecule has 124 valence electrons. The van der Waals surface area contributed by atoms with Crippen LogP contribution in [0.15, 0.2) is 84.9 Å². The molecule has 0 aliphatic carbocycles. The molecule has 0 saturated heterocycles. The monoisotopic (exact) mass is 326 g/mol. The molecule has 1 heteroatoms. The topological polar surface area (TPSA) is 17.1 Å². The minimum absolute atomic E-state index is 0.0219. The zero-order chi connectivity index (χ0) is 17.5. The van der Waals surface area contributed by atoms with Crippen LogP contribution in [-0.4, -0.2) is 5.78 Å². The van der Waals surface area contributed by atoms with Gasteiger partial charge in [-0.15, -0.1) is 0 Å². The molecule has 0 bridgehead atoms. The highest BCUT2D eigenvalue weighted by molar-refractivity contribution is 6.07. The van der Waals surface area contributed by atoms with Crippen molar-refractivity contribution in [3.8, 4) is 11.1 Å². The summed E-state index contributed by atoms with van der Waals surface area (Å²) in [6.45, 7) is 2.19. The molecule has 0 heterocycles. The molecule has 25 heavy (non-hydrogen) atoms. The van der Waals surface area contributed by atoms with E-state index in [-0.39, 0.29) is 5.78 Å². The predicted octanol–water partition coefficient (Wildman–Crippen LogP) is 6.20. The smallest absolute Gasteiger partial charge is 0.185 e. The summed E-state index contributed by atoms with van der Waals surface area (Å²) in [5.74, 6) is 0.0219. The van der Waals surface area contributed by atoms with Crippen molar-refractivity contribution < 1.29 is 4.79 Å². The van der Waals surface area contributed by atoms with Crippen LogP contribution < -0.4 is 0 Å². The molecule has 0 aliphatic heterocycles. The summed E-state index contributed by atoms with van der Waals surface area (Å²) in [4.78, 5) is 12.3. The molecule has 3 aromatic carbocycles. The maximum Gasteiger partial charge on any atom is 0.185 e. The summed E-state index contributed by atoms with van der Waals surface area (Å²) in [6, 6.07) is 26.3. The van der Waals surface area contributed by atoms with Crippen molar-refractivity contribution in [1.82, 2.24) is 0 Å². The van der Waals surface area contributed by atoms with E-state index in [1.807, 2.05) is 60.7 Å². The molecule has 0 saturated carbocycles. The summed E-state index contributed by atoms with van der Waals surface area (Å²) in [5, 5.41) is 0. The second-order valence-electron chi connectivity index (χ2n) is 6.13. The first-order valence-electron chi connectivity index (χ1n) is 8.73. The Kier molecular flexibility index (Phi) is 5.58. The van der Waals surface area contributed by atoms with Crippen molar-refractivity contribution in [2.24, 2.45) is 0 Å². The number of hydrogen-bond donors (Lipinski definition) is 0. The summed E-state index contributed by atoms with van der Waals surface area (Å²) >= 11 is 0. The lowest BCUT2D eigenvalue weighted by Crippen LogP contribution is -1.93. The van der Waals surface area contributed by atoms with Gasteiger partial charge in [-0.3, -0.25) is 4.79 Å². The lowest BCUT2D eigenvalue weighted by Gasteiger charge is -2.05. The molecule has 0 aromatic heterocycles. The van der Waals surface area contributed by atoms with Gasteiger partial charge in [0.15, 0.2) is 5.78 Å². The van der Waals surface area contributed by atoms with Crippen LogP contribution in [0.5, 0.6) is 0 Å². The van der Waals surface area contributed by atoms with E-state index >= 15 is 0 Å². The SMILES string of the molecule is CCCc1ccc(-c2ccc(C(=O)C=Cc3ccccc3)cc2)cc1. The summed E-state index contributed by atoms with van der Waals surface area (Å²) in [7, 11) is 0. The third-order valence-electron chi connectivity index (χ3n) is 4.22. The number of allylic oxidation sites excluding steroid dienone is 1. The number of hydrogen-bond acceptors (Lipinski definition) is 1. The highest BCUT2D eigenvalue weighted by Crippen LogP contribution is 2.21. The fourth-order valence-electron chi connectivity index (χ4n) is 2.81. The molecule has 0 fully saturated rings. The fraction of sp³-hybridized carbons (Fsp3) is 0.125. The van der Waals surface area contributed by atoms with Gasteiger partial charge in [-0.2, -0.15) is 0 Å². The van der Waals surface area contributed by atoms with Crippen molar-refractivity contribution in [2.75, 3.05) is 0 Å². The second-order valence-corrected chi connectivity index (χ2v) is 6.13. The first-order valence-corrected chi connectivity index (χ1v) is 8.73. The first-order chi connectivity index (χ1) is 12.3. The van der Waals surface area contributed by atoms with Gasteiger partial charge in [0, 0.05) is 5.56 Å². The van der Waals surface area contributed by atoms with Gasteiger partial charge in [-0.1, -0.05) is 98.3 Å². The van der Waals surface area contributed by atoms with Crippen LogP contribution in [0.3, 0.4) is 0 Å². The second kappa shape index (κ2) is 8.25. The van der Waals surface area contributed by atoms with E-state index < -0.39 is 0 Å². The number of carbonyl (C=O) groups excluding carboxylic acids is 1. The van der Waals surface area contributed by atoms with Crippen LogP contribution in [0.25, 0.3) is 17.2 Å². The third kappa shape index (κ3) is 4.54. The van der Waals surface area contributed by atoms with Gasteiger partial charge >= 0.3 is 0 Å². The van der Waals surface area contributed by atoms with E-state index in [0.717, 1.165) is 24.0 Å². The molecule has 3 rings (SSSR count). The Hall–Kier alpha value is -2.93. The summed E-state index contributed by atoms with van der Waals surface area (Å²) in [6.07, 6.45) is 5.75. The van der Waals surface area contributed by atoms with E-state index in [1.54, 1.807) is 6.08 Å². The van der Waals surface area contributed by atoms with Crippen LogP contribution in [0, 0.1) is 0 Å². The lowest BCUT2D eigenvalue weighted by molar-refractivity contribution is 0.104. The zero-order valence-corrected chi connectivity index (χ0v) is 14.5. The number of aryl methyl sites for hydroxylation is 1. The van der Waals surface area contributed by atoms with E-state index in [4.69, 9.17) is 0 Å². The average Bonchev–Trinajstić information content (AvgIpc) is 2.68. The van der Waals surface area contributed by atoms with Crippen molar-refractivity contribution in [2.45, 2.75) is 19.8 Å². The van der Waals surface area contributed by atoms with Crippen LogP contribution >= 0.6 is 0 Å². The Labute approximate surface area is 149 Å². The van der Waals surface area contributed by atoms with Gasteiger partial charge in [-0.05, 0) is 34.8 Å². The third-order valence-corrected chi connectivity index (χ3v) is 4.22. The standard InChI is InChI=1S/C24H22O/c1-2-6-19-9-12-21(13-10-19)22-14-16-23(17-15-22)24(25)18-11-20-7-4-3-5-8-20/h3-5,7-18H,2,6H2,1H3. The Morgan fingerprint density at radius 3 is 2.00 bits per heavy atom. The van der Waals surface area contributed by atoms with Crippen molar-refractivity contribution in [3.63, 3.8) is 0 Å². The molecular weight excluding hydrogens is 304 g/mol. The van der Waals surface area contributed by atoms with Crippen LogP contribution in [0.1, 0.15) is 34.8 Å². The number of benzene rings is 3. The van der Waals surface area contributed by atoms with Crippen molar-refractivity contribution >= 4 is 11.9 Å². The zero-order valence-electron chi connectivity index (χ0n) is 14.5. The molecule has 0 unspecified atom stereocenters. The molecular formula is C24H22O. The first kappa shape index (κ1) is 16.9. The van der Waals surface area contributed by atoms with Crippen LogP contribution in [0.4, 0.5) is 0 Å². The van der Waals surface area contributed by atoms with Gasteiger partial charge < -0.3 is 0 Å². The molecule has 0 N–H and O–H groups in total. The van der Waals surface area contributed by atoms with Crippen LogP contribution in [-0.2, 0) is 6.42 Å². The van der Waals surface area contributed by atoms with E-state index in [1.165, 1.54) is 11.1 Å². The summed E-state index contributed by atoms with van der Waals surface area (Å²) in [5.41, 5.74) is 5.41. The van der Waals surface area contributed by atoms with Gasteiger partial charge in [0.25, 0.3) is 0 Å². The quantitative estimate of drug-likeness (QED) is 0.389. The van der Waals surface area contributed by atoms with E-state index in [9.17, 15) is 4.79 Å². The largest absolute Gasteiger partial charge is 0.289 e. The minimum Gasteiger partial charge on any atom is -0.289 e. The molecule has 1 nitrogen and oxygen atoms in total. The number of rotatable bonds is 6. The molecule has 0 spiro atoms. The Morgan fingerprint density at radius 1 is 0.800 bits per heavy atom. The van der Waals surface area contributed by atoms with Crippen molar-refractivity contribution in [3.05, 3.63) is 102 Å². The predicted molar refractivity (Wildman–Crippen MR) is 106 cm³/mol. The van der Waals surface area contributed by atoms with Crippen molar-refractivity contribution in [1.29, 1.82) is 0 Å². The average molecular weight is 326 g/mol. The normalized spacial score (nSPS) is 10.9. The maximum absolute atomic E-state index is 12.3. The lowest BCUT2D eigenvalue weighted by atomic mass is 10.00. The van der Waals surface area contributed by atoms with Gasteiger partial charge in [0.05, 0.1) is 0 Å². The Bertz CT molecular complexity index is 841. The highest BCUT2D eigenvalue weighted by Gasteiger charge is 2.03. The fourth-order valence-corrected chi connectivity index (χ4v) is 2.81. The Balaban J connectivity index is 1.71. The van der Waals surface area contributed by atoms with Crippen LogP contribution in [0.2, 0.25) is 0 Å². The number of carbonyl (C=O) groups is 1. The molecule has 0 radical (unpaired) electrons. The maximum atomic E-state index is 12.3. The minimum atomic E-state index is 0.0219. The van der Waals surface area contributed by atoms with Gasteiger partial charge in [0.2, 0.25) is 0 Å². The molecule has 0 aliphatic rings. The molecule has 3 aromatic rings. The molecule has 0 atom stereocenters. The van der Waals surface area contributed by atoms with Gasteiger partial charge in [0.1, 0.15) is 0 Å². The highest BCUT2D eigenvalue weighted by atomic mass is 16.1. The Morgan fingerprint density at radius 2 is 1.40 bits per heavy atom. The van der Waals surface area contributed by atoms with E-state index in [0.29, 0.717) is 5.56 Å². The summed E-state index contributed by atoms with van der Waals surface area (Å²) < 4.78 is 0.